The Kier molecular flexibility index (Phi) is 8.00. The molecule has 2 aliphatic heterocycles. The summed E-state index contributed by atoms with van der Waals surface area (Å²) in [4.78, 5) is 24.1. The van der Waals surface area contributed by atoms with E-state index < -0.39 is 0 Å². The number of carbonyl (C=O) groups excluding carboxylic acids is 1. The van der Waals surface area contributed by atoms with Crippen LogP contribution in [-0.4, -0.2) is 70.0 Å². The van der Waals surface area contributed by atoms with Crippen LogP contribution in [0.1, 0.15) is 29.7 Å². The lowest BCUT2D eigenvalue weighted by Crippen LogP contribution is -2.51. The number of likely N-dealkylation sites (tertiary alicyclic amines) is 1. The van der Waals surface area contributed by atoms with Gasteiger partial charge in [-0.1, -0.05) is 34.4 Å². The number of carbonyl (C=O) groups is 1. The summed E-state index contributed by atoms with van der Waals surface area (Å²) < 4.78 is 5.52. The van der Waals surface area contributed by atoms with Gasteiger partial charge in [0.1, 0.15) is 17.3 Å². The van der Waals surface area contributed by atoms with Crippen molar-refractivity contribution in [3.8, 4) is 11.3 Å². The molecule has 5 rings (SSSR count). The molecular weight excluding hydrogens is 511 g/mol. The normalized spacial score (nSPS) is 17.9. The second kappa shape index (κ2) is 11.4. The molecule has 0 atom stereocenters. The zero-order valence-corrected chi connectivity index (χ0v) is 22.5. The molecule has 0 saturated carbocycles. The molecule has 3 aromatic rings. The summed E-state index contributed by atoms with van der Waals surface area (Å²) in [5, 5.41) is 5.36. The number of nitrogens with two attached hydrogens (primary N) is 1. The van der Waals surface area contributed by atoms with Gasteiger partial charge in [-0.15, -0.1) is 0 Å². The number of piperidine rings is 1. The average Bonchev–Trinajstić information content (AvgIpc) is 3.24. The number of nitrogen functional groups attached to an aromatic ring is 1. The van der Waals surface area contributed by atoms with Crippen molar-refractivity contribution in [2.75, 3.05) is 45.0 Å². The molecule has 196 valence electrons. The zero-order valence-electron chi connectivity index (χ0n) is 21.0. The van der Waals surface area contributed by atoms with Crippen molar-refractivity contribution >= 4 is 34.9 Å². The quantitative estimate of drug-likeness (QED) is 0.490. The van der Waals surface area contributed by atoms with Gasteiger partial charge in [0.25, 0.3) is 0 Å². The minimum Gasteiger partial charge on any atom is -0.384 e. The highest BCUT2D eigenvalue weighted by atomic mass is 35.5. The number of hydrogen-bond donors (Lipinski definition) is 1. The summed E-state index contributed by atoms with van der Waals surface area (Å²) in [6.45, 7) is 8.30. The molecular formula is C27H32Cl2N6O2. The number of piperazine rings is 1. The first-order valence-corrected chi connectivity index (χ1v) is 13.5. The Morgan fingerprint density at radius 1 is 1.03 bits per heavy atom. The standard InChI is InChI=1S/C27H32Cl2N6O2/c1-18-21(26(32-37-18)25-22(28)3-2-4-23(25)29)17-34-11-13-35(14-12-34)27(36)20-6-9-33(10-7-20)16-19-5-8-31-24(30)15-19/h2-5,8,15,20H,6-7,9-14,16-17H2,1H3,(H2,30,31). The fourth-order valence-corrected chi connectivity index (χ4v) is 5.87. The van der Waals surface area contributed by atoms with Gasteiger partial charge in [0.05, 0.1) is 10.0 Å². The Bertz CT molecular complexity index is 1230. The summed E-state index contributed by atoms with van der Waals surface area (Å²) in [6, 6.07) is 9.35. The van der Waals surface area contributed by atoms with E-state index in [2.05, 4.69) is 19.9 Å². The van der Waals surface area contributed by atoms with Gasteiger partial charge in [-0.25, -0.2) is 4.98 Å². The van der Waals surface area contributed by atoms with Gasteiger partial charge >= 0.3 is 0 Å². The smallest absolute Gasteiger partial charge is 0.225 e. The van der Waals surface area contributed by atoms with E-state index in [4.69, 9.17) is 33.5 Å². The van der Waals surface area contributed by atoms with Gasteiger partial charge in [0, 0.05) is 62.5 Å². The Morgan fingerprint density at radius 3 is 2.38 bits per heavy atom. The first kappa shape index (κ1) is 26.0. The number of rotatable bonds is 6. The Balaban J connectivity index is 1.13. The predicted molar refractivity (Wildman–Crippen MR) is 145 cm³/mol. The predicted octanol–water partition coefficient (Wildman–Crippen LogP) is 4.49. The van der Waals surface area contributed by atoms with Crippen LogP contribution in [-0.2, 0) is 17.9 Å². The molecule has 4 heterocycles. The van der Waals surface area contributed by atoms with E-state index in [1.807, 2.05) is 30.0 Å². The van der Waals surface area contributed by atoms with Crippen LogP contribution in [0.15, 0.2) is 41.1 Å². The summed E-state index contributed by atoms with van der Waals surface area (Å²) in [5.74, 6) is 1.69. The monoisotopic (exact) mass is 542 g/mol. The molecule has 8 nitrogen and oxygen atoms in total. The van der Waals surface area contributed by atoms with Crippen molar-refractivity contribution in [3.63, 3.8) is 0 Å². The molecule has 0 unspecified atom stereocenters. The minimum absolute atomic E-state index is 0.0968. The Hall–Kier alpha value is -2.65. The number of anilines is 1. The summed E-state index contributed by atoms with van der Waals surface area (Å²) in [5.41, 5.74) is 9.34. The SMILES string of the molecule is Cc1onc(-c2c(Cl)cccc2Cl)c1CN1CCN(C(=O)C2CCN(Cc3ccnc(N)c3)CC2)CC1. The van der Waals surface area contributed by atoms with Gasteiger partial charge in [0.2, 0.25) is 5.91 Å². The van der Waals surface area contributed by atoms with Crippen molar-refractivity contribution in [1.82, 2.24) is 24.8 Å². The number of aromatic nitrogens is 2. The third-order valence-electron chi connectivity index (χ3n) is 7.44. The molecule has 0 radical (unpaired) electrons. The van der Waals surface area contributed by atoms with Crippen molar-refractivity contribution in [2.45, 2.75) is 32.9 Å². The summed E-state index contributed by atoms with van der Waals surface area (Å²) >= 11 is 12.9. The topological polar surface area (TPSA) is 91.7 Å². The molecule has 0 spiro atoms. The lowest BCUT2D eigenvalue weighted by atomic mass is 9.94. The third kappa shape index (κ3) is 5.93. The maximum absolute atomic E-state index is 13.3. The van der Waals surface area contributed by atoms with E-state index in [0.29, 0.717) is 33.7 Å². The zero-order chi connectivity index (χ0) is 25.9. The van der Waals surface area contributed by atoms with Crippen LogP contribution in [0.5, 0.6) is 0 Å². The second-order valence-electron chi connectivity index (χ2n) is 9.90. The minimum atomic E-state index is 0.0968. The summed E-state index contributed by atoms with van der Waals surface area (Å²) in [7, 11) is 0. The highest BCUT2D eigenvalue weighted by Gasteiger charge is 2.31. The van der Waals surface area contributed by atoms with Crippen molar-refractivity contribution < 1.29 is 9.32 Å². The van der Waals surface area contributed by atoms with Gasteiger partial charge in [-0.05, 0) is 62.7 Å². The van der Waals surface area contributed by atoms with E-state index in [1.165, 1.54) is 0 Å². The molecule has 37 heavy (non-hydrogen) atoms. The van der Waals surface area contributed by atoms with Crippen LogP contribution in [0, 0.1) is 12.8 Å². The van der Waals surface area contributed by atoms with Gasteiger partial charge in [0.15, 0.2) is 0 Å². The maximum atomic E-state index is 13.3. The van der Waals surface area contributed by atoms with Crippen LogP contribution in [0.3, 0.4) is 0 Å². The van der Waals surface area contributed by atoms with Gasteiger partial charge in [-0.3, -0.25) is 14.6 Å². The second-order valence-corrected chi connectivity index (χ2v) is 10.7. The number of nitrogens with zero attached hydrogens (tertiary/aromatic N) is 5. The van der Waals surface area contributed by atoms with Crippen LogP contribution in [0.25, 0.3) is 11.3 Å². The summed E-state index contributed by atoms with van der Waals surface area (Å²) in [6.07, 6.45) is 3.53. The fraction of sp³-hybridized carbons (Fsp3) is 0.444. The average molecular weight is 543 g/mol. The van der Waals surface area contributed by atoms with E-state index in [1.54, 1.807) is 18.3 Å². The molecule has 2 saturated heterocycles. The molecule has 0 aliphatic carbocycles. The number of amides is 1. The molecule has 1 amide bonds. The van der Waals surface area contributed by atoms with Crippen molar-refractivity contribution in [3.05, 3.63) is 63.5 Å². The number of benzene rings is 1. The Labute approximate surface area is 227 Å². The first-order chi connectivity index (χ1) is 17.9. The van der Waals surface area contributed by atoms with Crippen LogP contribution in [0.2, 0.25) is 10.0 Å². The molecule has 1 aromatic carbocycles. The molecule has 0 bridgehead atoms. The molecule has 2 fully saturated rings. The van der Waals surface area contributed by atoms with E-state index in [9.17, 15) is 4.79 Å². The fourth-order valence-electron chi connectivity index (χ4n) is 5.29. The van der Waals surface area contributed by atoms with Crippen LogP contribution >= 0.6 is 23.2 Å². The molecule has 2 aromatic heterocycles. The lowest BCUT2D eigenvalue weighted by Gasteiger charge is -2.38. The number of halogens is 2. The molecule has 2 aliphatic rings. The van der Waals surface area contributed by atoms with Crippen LogP contribution < -0.4 is 5.73 Å². The van der Waals surface area contributed by atoms with Crippen molar-refractivity contribution in [2.24, 2.45) is 5.92 Å². The number of aryl methyl sites for hydroxylation is 1. The van der Waals surface area contributed by atoms with E-state index in [0.717, 1.165) is 75.5 Å². The Morgan fingerprint density at radius 2 is 1.70 bits per heavy atom. The van der Waals surface area contributed by atoms with E-state index in [-0.39, 0.29) is 11.8 Å². The van der Waals surface area contributed by atoms with Crippen molar-refractivity contribution in [1.29, 1.82) is 0 Å². The highest BCUT2D eigenvalue weighted by molar-refractivity contribution is 6.39. The van der Waals surface area contributed by atoms with Gasteiger partial charge in [-0.2, -0.15) is 0 Å². The molecule has 2 N–H and O–H groups in total. The lowest BCUT2D eigenvalue weighted by molar-refractivity contribution is -0.139. The highest BCUT2D eigenvalue weighted by Crippen LogP contribution is 2.37. The third-order valence-corrected chi connectivity index (χ3v) is 8.07. The largest absolute Gasteiger partial charge is 0.384 e. The number of pyridine rings is 1. The first-order valence-electron chi connectivity index (χ1n) is 12.7. The van der Waals surface area contributed by atoms with E-state index >= 15 is 0 Å². The number of hydrogen-bond acceptors (Lipinski definition) is 7. The molecule has 10 heteroatoms. The van der Waals surface area contributed by atoms with Crippen LogP contribution in [0.4, 0.5) is 5.82 Å². The van der Waals surface area contributed by atoms with Gasteiger partial charge < -0.3 is 15.2 Å². The maximum Gasteiger partial charge on any atom is 0.225 e.